The van der Waals surface area contributed by atoms with Crippen LogP contribution in [0.4, 0.5) is 5.69 Å². The summed E-state index contributed by atoms with van der Waals surface area (Å²) in [6.45, 7) is 2.02. The van der Waals surface area contributed by atoms with Crippen LogP contribution in [-0.4, -0.2) is 26.7 Å². The first-order valence-electron chi connectivity index (χ1n) is 5.06. The molecule has 17 heavy (non-hydrogen) atoms. The highest BCUT2D eigenvalue weighted by molar-refractivity contribution is 7.99. The van der Waals surface area contributed by atoms with E-state index in [9.17, 15) is 14.9 Å². The van der Waals surface area contributed by atoms with Gasteiger partial charge in [-0.3, -0.25) is 10.1 Å². The van der Waals surface area contributed by atoms with E-state index in [2.05, 4.69) is 4.98 Å². The number of rotatable bonds is 6. The first-order chi connectivity index (χ1) is 8.06. The second-order valence-corrected chi connectivity index (χ2v) is 4.40. The molecule has 0 aromatic carbocycles. The summed E-state index contributed by atoms with van der Waals surface area (Å²) in [5.41, 5.74) is -0.414. The first kappa shape index (κ1) is 13.4. The molecular weight excluding hydrogens is 244 g/mol. The van der Waals surface area contributed by atoms with Crippen molar-refractivity contribution in [2.45, 2.75) is 24.8 Å². The Labute approximate surface area is 102 Å². The maximum Gasteiger partial charge on any atom is 0.337 e. The van der Waals surface area contributed by atoms with E-state index in [0.29, 0.717) is 0 Å². The predicted molar refractivity (Wildman–Crippen MR) is 63.5 cm³/mol. The fourth-order valence-corrected chi connectivity index (χ4v) is 2.15. The molecule has 0 unspecified atom stereocenters. The van der Waals surface area contributed by atoms with Crippen molar-refractivity contribution in [1.29, 1.82) is 0 Å². The number of carboxylic acids is 1. The highest BCUT2D eigenvalue weighted by Crippen LogP contribution is 2.28. The van der Waals surface area contributed by atoms with Gasteiger partial charge in [0.1, 0.15) is 0 Å². The van der Waals surface area contributed by atoms with Crippen molar-refractivity contribution in [3.05, 3.63) is 27.9 Å². The van der Waals surface area contributed by atoms with Crippen LogP contribution in [0.5, 0.6) is 0 Å². The van der Waals surface area contributed by atoms with Gasteiger partial charge < -0.3 is 5.11 Å². The van der Waals surface area contributed by atoms with Crippen LogP contribution in [0, 0.1) is 10.1 Å². The molecule has 1 N–H and O–H groups in total. The molecule has 92 valence electrons. The molecule has 0 amide bonds. The van der Waals surface area contributed by atoms with E-state index < -0.39 is 10.9 Å². The standard InChI is InChI=1S/C10H12N2O4S/c1-2-3-4-17-9-8(12(15)16)5-7(6-11-9)10(13)14/h5-6H,2-4H2,1H3,(H,13,14). The number of nitrogens with zero attached hydrogens (tertiary/aromatic N) is 2. The van der Waals surface area contributed by atoms with Crippen molar-refractivity contribution in [2.24, 2.45) is 0 Å². The summed E-state index contributed by atoms with van der Waals surface area (Å²) < 4.78 is 0. The molecule has 6 nitrogen and oxygen atoms in total. The molecule has 1 aromatic rings. The van der Waals surface area contributed by atoms with Crippen molar-refractivity contribution < 1.29 is 14.8 Å². The van der Waals surface area contributed by atoms with E-state index in [1.54, 1.807) is 0 Å². The Balaban J connectivity index is 2.96. The van der Waals surface area contributed by atoms with Crippen molar-refractivity contribution >= 4 is 23.4 Å². The summed E-state index contributed by atoms with van der Waals surface area (Å²) >= 11 is 1.27. The second kappa shape index (κ2) is 6.19. The maximum absolute atomic E-state index is 10.8. The molecule has 0 saturated heterocycles. The fourth-order valence-electron chi connectivity index (χ4n) is 1.11. The smallest absolute Gasteiger partial charge is 0.337 e. The fraction of sp³-hybridized carbons (Fsp3) is 0.400. The van der Waals surface area contributed by atoms with Crippen LogP contribution in [0.1, 0.15) is 30.1 Å². The molecular formula is C10H12N2O4S. The van der Waals surface area contributed by atoms with Gasteiger partial charge in [-0.25, -0.2) is 9.78 Å². The van der Waals surface area contributed by atoms with Gasteiger partial charge in [-0.15, -0.1) is 0 Å². The molecule has 0 fully saturated rings. The number of carbonyl (C=O) groups is 1. The van der Waals surface area contributed by atoms with Crippen LogP contribution in [0.25, 0.3) is 0 Å². The Morgan fingerprint density at radius 3 is 2.88 bits per heavy atom. The topological polar surface area (TPSA) is 93.3 Å². The summed E-state index contributed by atoms with van der Waals surface area (Å²) in [5, 5.41) is 19.8. The lowest BCUT2D eigenvalue weighted by Crippen LogP contribution is -2.01. The number of aromatic nitrogens is 1. The van der Waals surface area contributed by atoms with Gasteiger partial charge in [0.05, 0.1) is 10.5 Å². The number of nitro groups is 1. The zero-order valence-corrected chi connectivity index (χ0v) is 10.1. The average molecular weight is 256 g/mol. The number of pyridine rings is 1. The van der Waals surface area contributed by atoms with Gasteiger partial charge in [0, 0.05) is 12.3 Å². The molecule has 0 saturated carbocycles. The quantitative estimate of drug-likeness (QED) is 0.364. The molecule has 0 aliphatic carbocycles. The third kappa shape index (κ3) is 3.70. The Morgan fingerprint density at radius 1 is 1.65 bits per heavy atom. The van der Waals surface area contributed by atoms with Gasteiger partial charge in [-0.1, -0.05) is 25.1 Å². The SMILES string of the molecule is CCCCSc1ncc(C(=O)O)cc1[N+](=O)[O-]. The molecule has 0 bridgehead atoms. The van der Waals surface area contributed by atoms with Gasteiger partial charge >= 0.3 is 11.7 Å². The number of carboxylic acid groups (broad SMARTS) is 1. The predicted octanol–water partition coefficient (Wildman–Crippen LogP) is 2.58. The van der Waals surface area contributed by atoms with Crippen molar-refractivity contribution in [3.8, 4) is 0 Å². The molecule has 1 heterocycles. The first-order valence-corrected chi connectivity index (χ1v) is 6.05. The maximum atomic E-state index is 10.8. The lowest BCUT2D eigenvalue weighted by molar-refractivity contribution is -0.388. The van der Waals surface area contributed by atoms with E-state index in [-0.39, 0.29) is 16.3 Å². The van der Waals surface area contributed by atoms with Crippen LogP contribution >= 0.6 is 11.8 Å². The second-order valence-electron chi connectivity index (χ2n) is 3.31. The third-order valence-electron chi connectivity index (χ3n) is 2.01. The Morgan fingerprint density at radius 2 is 2.35 bits per heavy atom. The summed E-state index contributed by atoms with van der Waals surface area (Å²) in [4.78, 5) is 24.7. The van der Waals surface area contributed by atoms with Crippen LogP contribution < -0.4 is 0 Å². The van der Waals surface area contributed by atoms with Crippen molar-refractivity contribution in [2.75, 3.05) is 5.75 Å². The molecule has 0 aliphatic heterocycles. The van der Waals surface area contributed by atoms with Gasteiger partial charge in [0.25, 0.3) is 0 Å². The number of unbranched alkanes of at least 4 members (excludes halogenated alkanes) is 1. The van der Waals surface area contributed by atoms with E-state index in [4.69, 9.17) is 5.11 Å². The monoisotopic (exact) mass is 256 g/mol. The Hall–Kier alpha value is -1.63. The molecule has 0 atom stereocenters. The number of hydrogen-bond acceptors (Lipinski definition) is 5. The minimum absolute atomic E-state index is 0.170. The molecule has 0 aliphatic rings. The molecule has 1 aromatic heterocycles. The van der Waals surface area contributed by atoms with Gasteiger partial charge in [0.2, 0.25) is 0 Å². The number of thioether (sulfide) groups is 1. The largest absolute Gasteiger partial charge is 0.478 e. The summed E-state index contributed by atoms with van der Waals surface area (Å²) in [5.74, 6) is -0.484. The van der Waals surface area contributed by atoms with Gasteiger partial charge in [-0.2, -0.15) is 0 Å². The van der Waals surface area contributed by atoms with Crippen molar-refractivity contribution in [1.82, 2.24) is 4.98 Å². The van der Waals surface area contributed by atoms with Crippen LogP contribution in [0.3, 0.4) is 0 Å². The Kier molecular flexibility index (Phi) is 4.89. The van der Waals surface area contributed by atoms with E-state index in [1.165, 1.54) is 11.8 Å². The average Bonchev–Trinajstić information content (AvgIpc) is 2.29. The molecule has 0 radical (unpaired) electrons. The summed E-state index contributed by atoms with van der Waals surface area (Å²) in [7, 11) is 0. The lowest BCUT2D eigenvalue weighted by Gasteiger charge is -2.02. The minimum atomic E-state index is -1.22. The highest BCUT2D eigenvalue weighted by atomic mass is 32.2. The van der Waals surface area contributed by atoms with Gasteiger partial charge in [-0.05, 0) is 12.2 Å². The molecule has 1 rings (SSSR count). The summed E-state index contributed by atoms with van der Waals surface area (Å²) in [6, 6.07) is 1.05. The lowest BCUT2D eigenvalue weighted by atomic mass is 10.3. The normalized spacial score (nSPS) is 10.2. The molecule has 7 heteroatoms. The molecule has 0 spiro atoms. The third-order valence-corrected chi connectivity index (χ3v) is 3.09. The van der Waals surface area contributed by atoms with Crippen LogP contribution in [-0.2, 0) is 0 Å². The number of hydrogen-bond donors (Lipinski definition) is 1. The van der Waals surface area contributed by atoms with Gasteiger partial charge in [0.15, 0.2) is 5.03 Å². The Bertz CT molecular complexity index is 436. The van der Waals surface area contributed by atoms with Crippen LogP contribution in [0.15, 0.2) is 17.3 Å². The van der Waals surface area contributed by atoms with Crippen molar-refractivity contribution in [3.63, 3.8) is 0 Å². The van der Waals surface area contributed by atoms with E-state index in [1.807, 2.05) is 6.92 Å². The number of aromatic carboxylic acids is 1. The zero-order chi connectivity index (χ0) is 12.8. The van der Waals surface area contributed by atoms with E-state index in [0.717, 1.165) is 30.9 Å². The van der Waals surface area contributed by atoms with E-state index >= 15 is 0 Å². The zero-order valence-electron chi connectivity index (χ0n) is 9.25. The highest BCUT2D eigenvalue weighted by Gasteiger charge is 2.18. The minimum Gasteiger partial charge on any atom is -0.478 e. The van der Waals surface area contributed by atoms with Crippen LogP contribution in [0.2, 0.25) is 0 Å². The summed E-state index contributed by atoms with van der Waals surface area (Å²) in [6.07, 6.45) is 3.07.